The molecule has 0 unspecified atom stereocenters. The van der Waals surface area contributed by atoms with Crippen LogP contribution in [-0.4, -0.2) is 93.6 Å². The molecule has 0 saturated carbocycles. The van der Waals surface area contributed by atoms with Gasteiger partial charge >= 0.3 is 6.03 Å². The zero-order valence-electron chi connectivity index (χ0n) is 24.5. The van der Waals surface area contributed by atoms with Gasteiger partial charge in [-0.15, -0.1) is 0 Å². The Balaban J connectivity index is 1.37. The zero-order valence-corrected chi connectivity index (χ0v) is 24.5. The molecule has 4 aromatic rings. The molecule has 5 rings (SSSR count). The molecule has 0 atom stereocenters. The Morgan fingerprint density at radius 1 is 1.00 bits per heavy atom. The smallest absolute Gasteiger partial charge is 0.321 e. The summed E-state index contributed by atoms with van der Waals surface area (Å²) in [4.78, 5) is 28.2. The lowest BCUT2D eigenvalue weighted by molar-refractivity contribution is 0.217. The molecule has 0 aliphatic carbocycles. The van der Waals surface area contributed by atoms with Crippen molar-refractivity contribution >= 4 is 29.0 Å². The number of urea groups is 1. The number of carbonyl (C=O) groups excluding carboxylic acids is 1. The summed E-state index contributed by atoms with van der Waals surface area (Å²) in [7, 11) is 2.15. The minimum Gasteiger partial charge on any atom is -0.394 e. The van der Waals surface area contributed by atoms with Crippen LogP contribution in [0.15, 0.2) is 67.0 Å². The van der Waals surface area contributed by atoms with Crippen molar-refractivity contribution in [2.75, 3.05) is 68.5 Å². The van der Waals surface area contributed by atoms with E-state index in [4.69, 9.17) is 10.1 Å². The van der Waals surface area contributed by atoms with E-state index in [1.807, 2.05) is 62.5 Å². The molecule has 0 bridgehead atoms. The maximum atomic E-state index is 12.5. The number of hydrogen-bond donors (Lipinski definition) is 3. The largest absolute Gasteiger partial charge is 0.394 e. The second-order valence-electron chi connectivity index (χ2n) is 10.3. The van der Waals surface area contributed by atoms with Gasteiger partial charge in [-0.1, -0.05) is 18.2 Å². The molecule has 3 N–H and O–H groups in total. The van der Waals surface area contributed by atoms with Crippen LogP contribution < -0.4 is 15.5 Å². The number of aliphatic hydroxyl groups excluding tert-OH is 1. The second-order valence-corrected chi connectivity index (χ2v) is 10.3. The fourth-order valence-electron chi connectivity index (χ4n) is 5.01. The van der Waals surface area contributed by atoms with Crippen molar-refractivity contribution in [2.45, 2.75) is 20.4 Å². The maximum absolute atomic E-state index is 12.5. The molecular formula is C31H39N9O2. The van der Waals surface area contributed by atoms with E-state index in [1.54, 1.807) is 15.8 Å². The molecule has 3 heterocycles. The zero-order chi connectivity index (χ0) is 29.5. The van der Waals surface area contributed by atoms with Gasteiger partial charge < -0.3 is 30.4 Å². The van der Waals surface area contributed by atoms with Crippen molar-refractivity contribution in [1.29, 1.82) is 0 Å². The number of amides is 2. The van der Waals surface area contributed by atoms with Gasteiger partial charge in [0.2, 0.25) is 5.95 Å². The number of anilines is 4. The molecule has 0 radical (unpaired) electrons. The number of aliphatic hydroxyl groups is 1. The Bertz CT molecular complexity index is 1480. The van der Waals surface area contributed by atoms with Crippen molar-refractivity contribution in [3.63, 3.8) is 0 Å². The maximum Gasteiger partial charge on any atom is 0.321 e. The van der Waals surface area contributed by atoms with Gasteiger partial charge in [-0.2, -0.15) is 5.10 Å². The molecule has 2 aromatic heterocycles. The molecule has 0 spiro atoms. The quantitative estimate of drug-likeness (QED) is 0.258. The van der Waals surface area contributed by atoms with E-state index in [9.17, 15) is 9.90 Å². The Morgan fingerprint density at radius 3 is 2.48 bits per heavy atom. The molecule has 220 valence electrons. The molecule has 2 amide bonds. The molecule has 1 saturated heterocycles. The van der Waals surface area contributed by atoms with Gasteiger partial charge in [0.15, 0.2) is 0 Å². The Hall–Kier alpha value is -4.48. The second kappa shape index (κ2) is 13.5. The number of nitrogens with one attached hydrogen (secondary N) is 2. The first-order valence-corrected chi connectivity index (χ1v) is 14.5. The lowest BCUT2D eigenvalue weighted by Gasteiger charge is -2.34. The van der Waals surface area contributed by atoms with Gasteiger partial charge in [0.05, 0.1) is 18.8 Å². The molecule has 2 aromatic carbocycles. The average molecular weight is 570 g/mol. The molecular weight excluding hydrogens is 530 g/mol. The normalized spacial score (nSPS) is 13.7. The van der Waals surface area contributed by atoms with Crippen LogP contribution in [0.1, 0.15) is 13.8 Å². The first kappa shape index (κ1) is 29.0. The van der Waals surface area contributed by atoms with Crippen LogP contribution in [0.4, 0.5) is 27.8 Å². The van der Waals surface area contributed by atoms with E-state index >= 15 is 0 Å². The SMILES string of the molecule is CCN(CC)C(=O)Nc1ccc(-c2nn(CCO)cc2-c2ccnc(Nc3cccc(N4CCN(C)CC4)c3)n2)cc1. The predicted molar refractivity (Wildman–Crippen MR) is 167 cm³/mol. The summed E-state index contributed by atoms with van der Waals surface area (Å²) in [6.45, 7) is 9.61. The Kier molecular flexibility index (Phi) is 9.30. The van der Waals surface area contributed by atoms with E-state index in [2.05, 4.69) is 44.6 Å². The summed E-state index contributed by atoms with van der Waals surface area (Å²) < 4.78 is 1.72. The summed E-state index contributed by atoms with van der Waals surface area (Å²) in [6, 6.07) is 17.6. The first-order chi connectivity index (χ1) is 20.5. The third-order valence-electron chi connectivity index (χ3n) is 7.45. The molecule has 11 heteroatoms. The highest BCUT2D eigenvalue weighted by atomic mass is 16.3. The summed E-state index contributed by atoms with van der Waals surface area (Å²) >= 11 is 0. The van der Waals surface area contributed by atoms with Crippen molar-refractivity contribution in [3.8, 4) is 22.5 Å². The fourth-order valence-corrected chi connectivity index (χ4v) is 5.01. The average Bonchev–Trinajstić information content (AvgIpc) is 3.43. The first-order valence-electron chi connectivity index (χ1n) is 14.5. The van der Waals surface area contributed by atoms with Gasteiger partial charge in [0.1, 0.15) is 5.69 Å². The molecule has 1 aliphatic rings. The number of hydrogen-bond acceptors (Lipinski definition) is 8. The minimum absolute atomic E-state index is 0.0306. The van der Waals surface area contributed by atoms with Gasteiger partial charge in [0.25, 0.3) is 0 Å². The van der Waals surface area contributed by atoms with Gasteiger partial charge in [0, 0.05) is 79.9 Å². The van der Waals surface area contributed by atoms with Crippen molar-refractivity contribution < 1.29 is 9.90 Å². The standard InChI is InChI=1S/C31H39N9O2/c1-4-38(5-2)31(42)34-24-11-9-23(10-12-24)29-27(22-40(36-29)19-20-41)28-13-14-32-30(35-28)33-25-7-6-8-26(21-25)39-17-15-37(3)16-18-39/h6-14,21-22,41H,4-5,15-20H2,1-3H3,(H,34,42)(H,32,33,35). The lowest BCUT2D eigenvalue weighted by atomic mass is 10.1. The van der Waals surface area contributed by atoms with Gasteiger partial charge in [-0.25, -0.2) is 14.8 Å². The molecule has 11 nitrogen and oxygen atoms in total. The van der Waals surface area contributed by atoms with Crippen LogP contribution in [0, 0.1) is 0 Å². The van der Waals surface area contributed by atoms with Crippen molar-refractivity contribution in [1.82, 2.24) is 29.5 Å². The lowest BCUT2D eigenvalue weighted by Crippen LogP contribution is -2.44. The highest BCUT2D eigenvalue weighted by Crippen LogP contribution is 2.32. The summed E-state index contributed by atoms with van der Waals surface area (Å²) in [5.74, 6) is 0.485. The van der Waals surface area contributed by atoms with Crippen LogP contribution in [-0.2, 0) is 6.54 Å². The van der Waals surface area contributed by atoms with Gasteiger partial charge in [-0.3, -0.25) is 4.68 Å². The van der Waals surface area contributed by atoms with Crippen LogP contribution in [0.3, 0.4) is 0 Å². The van der Waals surface area contributed by atoms with Crippen LogP contribution in [0.5, 0.6) is 0 Å². The summed E-state index contributed by atoms with van der Waals surface area (Å²) in [5, 5.41) is 20.6. The number of benzene rings is 2. The molecule has 1 fully saturated rings. The topological polar surface area (TPSA) is 115 Å². The van der Waals surface area contributed by atoms with Crippen molar-refractivity contribution in [2.24, 2.45) is 0 Å². The number of likely N-dealkylation sites (N-methyl/N-ethyl adjacent to an activating group) is 1. The third-order valence-corrected chi connectivity index (χ3v) is 7.45. The van der Waals surface area contributed by atoms with Crippen molar-refractivity contribution in [3.05, 3.63) is 67.0 Å². The van der Waals surface area contributed by atoms with E-state index in [-0.39, 0.29) is 12.6 Å². The van der Waals surface area contributed by atoms with E-state index < -0.39 is 0 Å². The summed E-state index contributed by atoms with van der Waals surface area (Å²) in [6.07, 6.45) is 3.62. The van der Waals surface area contributed by atoms with Crippen LogP contribution >= 0.6 is 0 Å². The molecule has 1 aliphatic heterocycles. The summed E-state index contributed by atoms with van der Waals surface area (Å²) in [5.41, 5.74) is 5.93. The number of nitrogens with zero attached hydrogens (tertiary/aromatic N) is 7. The van der Waals surface area contributed by atoms with E-state index in [0.29, 0.717) is 37.0 Å². The van der Waals surface area contributed by atoms with Crippen LogP contribution in [0.2, 0.25) is 0 Å². The Morgan fingerprint density at radius 2 is 1.76 bits per heavy atom. The third kappa shape index (κ3) is 6.87. The van der Waals surface area contributed by atoms with E-state index in [0.717, 1.165) is 48.7 Å². The number of piperazine rings is 1. The fraction of sp³-hybridized carbons (Fsp3) is 0.355. The highest BCUT2D eigenvalue weighted by Gasteiger charge is 2.17. The highest BCUT2D eigenvalue weighted by molar-refractivity contribution is 5.90. The predicted octanol–water partition coefficient (Wildman–Crippen LogP) is 4.37. The van der Waals surface area contributed by atoms with E-state index in [1.165, 1.54) is 5.69 Å². The number of aromatic nitrogens is 4. The number of carbonyl (C=O) groups is 1. The minimum atomic E-state index is -0.129. The van der Waals surface area contributed by atoms with Gasteiger partial charge in [-0.05, 0) is 57.3 Å². The number of rotatable bonds is 10. The monoisotopic (exact) mass is 569 g/mol. The molecule has 42 heavy (non-hydrogen) atoms. The Labute approximate surface area is 246 Å². The van der Waals surface area contributed by atoms with Crippen LogP contribution in [0.25, 0.3) is 22.5 Å².